The van der Waals surface area contributed by atoms with Crippen LogP contribution >= 0.6 is 0 Å². The van der Waals surface area contributed by atoms with Gasteiger partial charge in [-0.15, -0.1) is 0 Å². The summed E-state index contributed by atoms with van der Waals surface area (Å²) in [6, 6.07) is 9.35. The van der Waals surface area contributed by atoms with E-state index in [0.29, 0.717) is 5.56 Å². The first-order valence-electron chi connectivity index (χ1n) is 7.98. The van der Waals surface area contributed by atoms with Crippen molar-refractivity contribution in [3.8, 4) is 11.5 Å². The second-order valence-electron chi connectivity index (χ2n) is 6.05. The molecule has 1 atom stereocenters. The third-order valence-corrected chi connectivity index (χ3v) is 4.34. The number of hydrogen-bond acceptors (Lipinski definition) is 3. The summed E-state index contributed by atoms with van der Waals surface area (Å²) in [4.78, 5) is 12.7. The molecule has 2 rings (SSSR count). The molecule has 0 aliphatic carbocycles. The van der Waals surface area contributed by atoms with Crippen LogP contribution < -0.4 is 14.8 Å². The van der Waals surface area contributed by atoms with Gasteiger partial charge in [-0.2, -0.15) is 0 Å². The number of rotatable bonds is 5. The first-order chi connectivity index (χ1) is 11.4. The highest BCUT2D eigenvalue weighted by atomic mass is 16.5. The first-order valence-corrected chi connectivity index (χ1v) is 7.98. The molecule has 0 radical (unpaired) electrons. The van der Waals surface area contributed by atoms with Crippen molar-refractivity contribution in [2.45, 2.75) is 33.7 Å². The Labute approximate surface area is 143 Å². The van der Waals surface area contributed by atoms with Crippen molar-refractivity contribution in [2.24, 2.45) is 0 Å². The zero-order valence-electron chi connectivity index (χ0n) is 15.2. The van der Waals surface area contributed by atoms with Crippen molar-refractivity contribution < 1.29 is 14.3 Å². The van der Waals surface area contributed by atoms with Gasteiger partial charge in [0.2, 0.25) is 0 Å². The van der Waals surface area contributed by atoms with E-state index in [1.807, 2.05) is 58.0 Å². The van der Waals surface area contributed by atoms with Gasteiger partial charge in [0.05, 0.1) is 20.3 Å². The Kier molecular flexibility index (Phi) is 5.50. The SMILES string of the molecule is COc1ccc(OC)c(C(C)NC(=O)c2cc(C)c(C)cc2C)c1. The summed E-state index contributed by atoms with van der Waals surface area (Å²) in [5.41, 5.74) is 4.85. The lowest BCUT2D eigenvalue weighted by molar-refractivity contribution is 0.0938. The monoisotopic (exact) mass is 327 g/mol. The normalized spacial score (nSPS) is 11.8. The van der Waals surface area contributed by atoms with E-state index in [2.05, 4.69) is 5.32 Å². The second-order valence-corrected chi connectivity index (χ2v) is 6.05. The van der Waals surface area contributed by atoms with E-state index in [4.69, 9.17) is 9.47 Å². The highest BCUT2D eigenvalue weighted by Gasteiger charge is 2.18. The molecular formula is C20H25NO3. The lowest BCUT2D eigenvalue weighted by Crippen LogP contribution is -2.27. The van der Waals surface area contributed by atoms with Crippen molar-refractivity contribution in [2.75, 3.05) is 14.2 Å². The van der Waals surface area contributed by atoms with E-state index in [-0.39, 0.29) is 11.9 Å². The van der Waals surface area contributed by atoms with E-state index >= 15 is 0 Å². The lowest BCUT2D eigenvalue weighted by atomic mass is 9.99. The van der Waals surface area contributed by atoms with Crippen molar-refractivity contribution in [1.82, 2.24) is 5.32 Å². The molecule has 128 valence electrons. The van der Waals surface area contributed by atoms with Crippen LogP contribution in [0, 0.1) is 20.8 Å². The summed E-state index contributed by atoms with van der Waals surface area (Å²) in [7, 11) is 3.24. The number of carbonyl (C=O) groups excluding carboxylic acids is 1. The molecule has 24 heavy (non-hydrogen) atoms. The molecule has 4 heteroatoms. The van der Waals surface area contributed by atoms with Crippen molar-refractivity contribution >= 4 is 5.91 Å². The predicted molar refractivity (Wildman–Crippen MR) is 96.1 cm³/mol. The molecule has 0 aromatic heterocycles. The van der Waals surface area contributed by atoms with Crippen molar-refractivity contribution in [1.29, 1.82) is 0 Å². The number of hydrogen-bond donors (Lipinski definition) is 1. The summed E-state index contributed by atoms with van der Waals surface area (Å²) in [5, 5.41) is 3.05. The van der Waals surface area contributed by atoms with Crippen LogP contribution in [0.4, 0.5) is 0 Å². The van der Waals surface area contributed by atoms with E-state index in [9.17, 15) is 4.79 Å². The fraction of sp³-hybridized carbons (Fsp3) is 0.350. The summed E-state index contributed by atoms with van der Waals surface area (Å²) >= 11 is 0. The number of aryl methyl sites for hydroxylation is 3. The Bertz CT molecular complexity index is 753. The molecule has 1 unspecified atom stereocenters. The molecule has 0 saturated heterocycles. The van der Waals surface area contributed by atoms with Gasteiger partial charge < -0.3 is 14.8 Å². The second kappa shape index (κ2) is 7.39. The average molecular weight is 327 g/mol. The van der Waals surface area contributed by atoms with E-state index in [1.54, 1.807) is 14.2 Å². The topological polar surface area (TPSA) is 47.6 Å². The molecule has 0 heterocycles. The molecule has 0 aliphatic rings. The zero-order valence-corrected chi connectivity index (χ0v) is 15.2. The Morgan fingerprint density at radius 1 is 0.958 bits per heavy atom. The van der Waals surface area contributed by atoms with Gasteiger partial charge in [-0.1, -0.05) is 6.07 Å². The molecule has 1 amide bonds. The smallest absolute Gasteiger partial charge is 0.252 e. The number of benzene rings is 2. The Hall–Kier alpha value is -2.49. The van der Waals surface area contributed by atoms with Crippen molar-refractivity contribution in [3.05, 3.63) is 58.1 Å². The standard InChI is InChI=1S/C20H25NO3/c1-12-9-14(3)17(10-13(12)2)20(22)21-15(4)18-11-16(23-5)7-8-19(18)24-6/h7-11,15H,1-6H3,(H,21,22). The predicted octanol–water partition coefficient (Wildman–Crippen LogP) is 4.12. The Balaban J connectivity index is 2.28. The summed E-state index contributed by atoms with van der Waals surface area (Å²) < 4.78 is 10.7. The fourth-order valence-electron chi connectivity index (χ4n) is 2.74. The minimum atomic E-state index is -0.205. The molecule has 2 aromatic rings. The van der Waals surface area contributed by atoms with Crippen LogP contribution in [0.15, 0.2) is 30.3 Å². The first kappa shape index (κ1) is 17.9. The quantitative estimate of drug-likeness (QED) is 0.898. The van der Waals surface area contributed by atoms with Crippen LogP contribution in [0.1, 0.15) is 45.6 Å². The fourth-order valence-corrected chi connectivity index (χ4v) is 2.74. The van der Waals surface area contributed by atoms with Crippen LogP contribution in [0.5, 0.6) is 11.5 Å². The number of ether oxygens (including phenoxy) is 2. The van der Waals surface area contributed by atoms with Crippen LogP contribution in [0.25, 0.3) is 0 Å². The molecule has 1 N–H and O–H groups in total. The minimum Gasteiger partial charge on any atom is -0.497 e. The Morgan fingerprint density at radius 3 is 2.25 bits per heavy atom. The summed E-state index contributed by atoms with van der Waals surface area (Å²) in [6.45, 7) is 7.96. The van der Waals surface area contributed by atoms with Gasteiger partial charge in [0.15, 0.2) is 0 Å². The van der Waals surface area contributed by atoms with Crippen LogP contribution in [-0.2, 0) is 0 Å². The van der Waals surface area contributed by atoms with Crippen LogP contribution in [0.2, 0.25) is 0 Å². The van der Waals surface area contributed by atoms with Gasteiger partial charge in [-0.05, 0) is 68.7 Å². The highest BCUT2D eigenvalue weighted by molar-refractivity contribution is 5.96. The third-order valence-electron chi connectivity index (χ3n) is 4.34. The molecule has 0 spiro atoms. The summed E-state index contributed by atoms with van der Waals surface area (Å²) in [5.74, 6) is 1.36. The van der Waals surface area contributed by atoms with E-state index < -0.39 is 0 Å². The van der Waals surface area contributed by atoms with Gasteiger partial charge in [-0.3, -0.25) is 4.79 Å². The van der Waals surface area contributed by atoms with E-state index in [0.717, 1.165) is 28.2 Å². The maximum absolute atomic E-state index is 12.7. The lowest BCUT2D eigenvalue weighted by Gasteiger charge is -2.19. The maximum Gasteiger partial charge on any atom is 0.252 e. The van der Waals surface area contributed by atoms with E-state index in [1.165, 1.54) is 5.56 Å². The van der Waals surface area contributed by atoms with Crippen LogP contribution in [-0.4, -0.2) is 20.1 Å². The number of methoxy groups -OCH3 is 2. The molecular weight excluding hydrogens is 302 g/mol. The zero-order chi connectivity index (χ0) is 17.9. The van der Waals surface area contributed by atoms with Gasteiger partial charge in [-0.25, -0.2) is 0 Å². The summed E-state index contributed by atoms with van der Waals surface area (Å²) in [6.07, 6.45) is 0. The number of amides is 1. The highest BCUT2D eigenvalue weighted by Crippen LogP contribution is 2.29. The van der Waals surface area contributed by atoms with Crippen molar-refractivity contribution in [3.63, 3.8) is 0 Å². The molecule has 4 nitrogen and oxygen atoms in total. The van der Waals surface area contributed by atoms with Gasteiger partial charge in [0, 0.05) is 11.1 Å². The van der Waals surface area contributed by atoms with Gasteiger partial charge >= 0.3 is 0 Å². The molecule has 0 saturated carbocycles. The molecule has 2 aromatic carbocycles. The number of carbonyl (C=O) groups is 1. The van der Waals surface area contributed by atoms with Gasteiger partial charge in [0.1, 0.15) is 11.5 Å². The minimum absolute atomic E-state index is 0.0898. The third kappa shape index (κ3) is 3.70. The van der Waals surface area contributed by atoms with Gasteiger partial charge in [0.25, 0.3) is 5.91 Å². The molecule has 0 bridgehead atoms. The largest absolute Gasteiger partial charge is 0.497 e. The average Bonchev–Trinajstić information content (AvgIpc) is 2.57. The van der Waals surface area contributed by atoms with Crippen LogP contribution in [0.3, 0.4) is 0 Å². The molecule has 0 fully saturated rings. The maximum atomic E-state index is 12.7. The molecule has 0 aliphatic heterocycles. The Morgan fingerprint density at radius 2 is 1.62 bits per heavy atom. The number of nitrogens with one attached hydrogen (secondary N) is 1.